The number of aromatic amines is 1. The second-order valence-corrected chi connectivity index (χ2v) is 9.88. The predicted molar refractivity (Wildman–Crippen MR) is 113 cm³/mol. The van der Waals surface area contributed by atoms with Crippen molar-refractivity contribution in [3.05, 3.63) is 18.6 Å². The van der Waals surface area contributed by atoms with Gasteiger partial charge in [-0.2, -0.15) is 14.6 Å². The highest BCUT2D eigenvalue weighted by atomic mass is 32.2. The van der Waals surface area contributed by atoms with Crippen LogP contribution < -0.4 is 10.2 Å². The van der Waals surface area contributed by atoms with E-state index < -0.39 is 10.0 Å². The maximum atomic E-state index is 11.7. The van der Waals surface area contributed by atoms with Gasteiger partial charge in [-0.25, -0.2) is 17.7 Å². The molecule has 160 valence electrons. The quantitative estimate of drug-likeness (QED) is 0.612. The van der Waals surface area contributed by atoms with Crippen molar-refractivity contribution < 1.29 is 8.42 Å². The Morgan fingerprint density at radius 3 is 2.57 bits per heavy atom. The Hall–Kier alpha value is -2.73. The van der Waals surface area contributed by atoms with Gasteiger partial charge in [-0.15, -0.1) is 5.10 Å². The van der Waals surface area contributed by atoms with Crippen molar-refractivity contribution in [3.8, 4) is 11.3 Å². The number of fused-ring (bicyclic) bond motifs is 1. The average molecular weight is 432 g/mol. The molecule has 2 fully saturated rings. The Morgan fingerprint density at radius 2 is 1.90 bits per heavy atom. The molecule has 0 spiro atoms. The molecule has 3 aromatic heterocycles. The van der Waals surface area contributed by atoms with Gasteiger partial charge in [0, 0.05) is 44.0 Å². The van der Waals surface area contributed by atoms with E-state index in [1.165, 1.54) is 10.6 Å². The summed E-state index contributed by atoms with van der Waals surface area (Å²) in [6, 6.07) is 0.136. The fraction of sp³-hybridized carbons (Fsp3) is 0.556. The van der Waals surface area contributed by atoms with Crippen molar-refractivity contribution in [1.29, 1.82) is 0 Å². The summed E-state index contributed by atoms with van der Waals surface area (Å²) in [5.74, 6) is 1.47. The fourth-order valence-electron chi connectivity index (χ4n) is 4.22. The highest BCUT2D eigenvalue weighted by molar-refractivity contribution is 7.88. The van der Waals surface area contributed by atoms with E-state index in [-0.39, 0.29) is 6.04 Å². The van der Waals surface area contributed by atoms with Crippen LogP contribution in [0.3, 0.4) is 0 Å². The van der Waals surface area contributed by atoms with Crippen LogP contribution in [-0.2, 0) is 10.0 Å². The van der Waals surface area contributed by atoms with Crippen LogP contribution in [0.25, 0.3) is 16.9 Å². The molecule has 5 rings (SSSR count). The summed E-state index contributed by atoms with van der Waals surface area (Å²) in [4.78, 5) is 11.6. The number of anilines is 2. The van der Waals surface area contributed by atoms with E-state index in [4.69, 9.17) is 5.10 Å². The molecule has 0 atom stereocenters. The maximum Gasteiger partial charge on any atom is 0.243 e. The van der Waals surface area contributed by atoms with E-state index in [1.54, 1.807) is 12.4 Å². The lowest BCUT2D eigenvalue weighted by molar-refractivity contribution is 0.331. The van der Waals surface area contributed by atoms with E-state index in [2.05, 4.69) is 30.4 Å². The Bertz CT molecular complexity index is 1130. The third-order valence-electron chi connectivity index (χ3n) is 5.79. The summed E-state index contributed by atoms with van der Waals surface area (Å²) >= 11 is 0. The molecule has 3 aromatic rings. The molecule has 0 saturated carbocycles. The smallest absolute Gasteiger partial charge is 0.243 e. The molecule has 30 heavy (non-hydrogen) atoms. The van der Waals surface area contributed by atoms with E-state index in [0.717, 1.165) is 55.8 Å². The molecule has 0 unspecified atom stereocenters. The largest absolute Gasteiger partial charge is 0.355 e. The van der Waals surface area contributed by atoms with Crippen molar-refractivity contribution in [1.82, 2.24) is 34.1 Å². The Kier molecular flexibility index (Phi) is 4.82. The first-order valence-electron chi connectivity index (χ1n) is 10.2. The van der Waals surface area contributed by atoms with Crippen LogP contribution in [0.2, 0.25) is 0 Å². The van der Waals surface area contributed by atoms with Gasteiger partial charge in [0.1, 0.15) is 5.69 Å². The Morgan fingerprint density at radius 1 is 1.13 bits per heavy atom. The molecule has 0 amide bonds. The number of sulfonamides is 1. The summed E-state index contributed by atoms with van der Waals surface area (Å²) in [5, 5.41) is 15.0. The van der Waals surface area contributed by atoms with Crippen molar-refractivity contribution in [2.75, 3.05) is 42.7 Å². The van der Waals surface area contributed by atoms with Gasteiger partial charge in [-0.05, 0) is 25.7 Å². The standard InChI is InChI=1S/C18H25N9O2S/c1-30(28,29)26-8-4-14(5-9-26)22-18-23-15-12-19-16(13-10-20-21-11-13)17(27(15)24-18)25-6-2-3-7-25/h10-12,14H,2-9H2,1H3,(H,20,21)(H,22,24). The number of hydrogen-bond acceptors (Lipinski definition) is 8. The molecule has 2 saturated heterocycles. The molecule has 0 aromatic carbocycles. The van der Waals surface area contributed by atoms with Gasteiger partial charge in [-0.3, -0.25) is 5.10 Å². The van der Waals surface area contributed by atoms with Crippen molar-refractivity contribution in [2.45, 2.75) is 31.7 Å². The predicted octanol–water partition coefficient (Wildman–Crippen LogP) is 0.950. The van der Waals surface area contributed by atoms with Crippen molar-refractivity contribution >= 4 is 27.4 Å². The van der Waals surface area contributed by atoms with Crippen LogP contribution in [0.15, 0.2) is 18.6 Å². The number of rotatable bonds is 5. The molecule has 2 aliphatic heterocycles. The van der Waals surface area contributed by atoms with E-state index in [0.29, 0.717) is 24.7 Å². The van der Waals surface area contributed by atoms with Crippen molar-refractivity contribution in [2.24, 2.45) is 0 Å². The number of nitrogens with one attached hydrogen (secondary N) is 2. The van der Waals surface area contributed by atoms with Gasteiger partial charge in [-0.1, -0.05) is 0 Å². The lowest BCUT2D eigenvalue weighted by Crippen LogP contribution is -2.41. The fourth-order valence-corrected chi connectivity index (χ4v) is 5.09. The molecule has 2 aliphatic rings. The Balaban J connectivity index is 1.44. The molecule has 0 aliphatic carbocycles. The molecule has 2 N–H and O–H groups in total. The molecule has 0 radical (unpaired) electrons. The molecular weight excluding hydrogens is 406 g/mol. The van der Waals surface area contributed by atoms with Crippen LogP contribution in [0, 0.1) is 0 Å². The van der Waals surface area contributed by atoms with Gasteiger partial charge in [0.05, 0.1) is 18.6 Å². The SMILES string of the molecule is CS(=O)(=O)N1CCC(Nc2nc3cnc(-c4cn[nH]c4)c(N4CCCC4)n3n2)CC1. The zero-order valence-corrected chi connectivity index (χ0v) is 17.6. The number of aromatic nitrogens is 6. The van der Waals surface area contributed by atoms with Crippen molar-refractivity contribution in [3.63, 3.8) is 0 Å². The normalized spacial score (nSPS) is 19.0. The van der Waals surface area contributed by atoms with Gasteiger partial charge in [0.25, 0.3) is 0 Å². The zero-order valence-electron chi connectivity index (χ0n) is 16.8. The highest BCUT2D eigenvalue weighted by Crippen LogP contribution is 2.31. The van der Waals surface area contributed by atoms with E-state index in [9.17, 15) is 8.42 Å². The first-order valence-corrected chi connectivity index (χ1v) is 12.1. The van der Waals surface area contributed by atoms with E-state index in [1.807, 2.05) is 10.7 Å². The van der Waals surface area contributed by atoms with Crippen LogP contribution in [-0.4, -0.2) is 81.0 Å². The molecular formula is C18H25N9O2S. The minimum absolute atomic E-state index is 0.136. The monoisotopic (exact) mass is 431 g/mol. The summed E-state index contributed by atoms with van der Waals surface area (Å²) < 4.78 is 26.8. The highest BCUT2D eigenvalue weighted by Gasteiger charge is 2.27. The van der Waals surface area contributed by atoms with Crippen LogP contribution in [0.4, 0.5) is 11.8 Å². The molecule has 5 heterocycles. The topological polar surface area (TPSA) is 124 Å². The minimum atomic E-state index is -3.14. The number of piperidine rings is 1. The summed E-state index contributed by atoms with van der Waals surface area (Å²) in [6.45, 7) is 2.93. The second kappa shape index (κ2) is 7.51. The first kappa shape index (κ1) is 19.2. The minimum Gasteiger partial charge on any atom is -0.355 e. The summed E-state index contributed by atoms with van der Waals surface area (Å²) in [6.07, 6.45) is 10.3. The van der Waals surface area contributed by atoms with Gasteiger partial charge in [0.2, 0.25) is 16.0 Å². The zero-order chi connectivity index (χ0) is 20.7. The number of H-pyrrole nitrogens is 1. The summed E-state index contributed by atoms with van der Waals surface area (Å²) in [5.41, 5.74) is 2.42. The van der Waals surface area contributed by atoms with Crippen LogP contribution in [0.1, 0.15) is 25.7 Å². The third-order valence-corrected chi connectivity index (χ3v) is 7.09. The molecule has 12 heteroatoms. The van der Waals surface area contributed by atoms with Gasteiger partial charge < -0.3 is 10.2 Å². The number of nitrogens with zero attached hydrogens (tertiary/aromatic N) is 7. The van der Waals surface area contributed by atoms with Crippen LogP contribution >= 0.6 is 0 Å². The molecule has 11 nitrogen and oxygen atoms in total. The van der Waals surface area contributed by atoms with E-state index >= 15 is 0 Å². The summed E-state index contributed by atoms with van der Waals surface area (Å²) in [7, 11) is -3.14. The lowest BCUT2D eigenvalue weighted by atomic mass is 10.1. The molecule has 0 bridgehead atoms. The average Bonchev–Trinajstić information content (AvgIpc) is 3.47. The third kappa shape index (κ3) is 3.60. The second-order valence-electron chi connectivity index (χ2n) is 7.90. The van der Waals surface area contributed by atoms with Crippen LogP contribution in [0.5, 0.6) is 0 Å². The number of hydrogen-bond donors (Lipinski definition) is 2. The van der Waals surface area contributed by atoms with Gasteiger partial charge >= 0.3 is 0 Å². The Labute approximate surface area is 174 Å². The maximum absolute atomic E-state index is 11.7. The lowest BCUT2D eigenvalue weighted by Gasteiger charge is -2.30. The first-order chi connectivity index (χ1) is 14.5. The van der Waals surface area contributed by atoms with Gasteiger partial charge in [0.15, 0.2) is 11.5 Å².